The van der Waals surface area contributed by atoms with Crippen molar-refractivity contribution in [2.45, 2.75) is 109 Å². The summed E-state index contributed by atoms with van der Waals surface area (Å²) in [5.41, 5.74) is 0. The van der Waals surface area contributed by atoms with E-state index in [1.807, 2.05) is 0 Å². The van der Waals surface area contributed by atoms with Gasteiger partial charge in [0, 0.05) is 6.42 Å². The smallest absolute Gasteiger partial charge is 0.328 e. The maximum Gasteiger partial charge on any atom is 0.328 e. The van der Waals surface area contributed by atoms with Crippen LogP contribution < -0.4 is 5.32 Å². The van der Waals surface area contributed by atoms with E-state index in [1.165, 1.54) is 51.9 Å². The number of aliphatic carboxylic acids is 1. The van der Waals surface area contributed by atoms with Crippen molar-refractivity contribution in [1.29, 1.82) is 0 Å². The predicted octanol–water partition coefficient (Wildman–Crippen LogP) is 4.58. The molecule has 0 saturated heterocycles. The Morgan fingerprint density at radius 3 is 1.88 bits per heavy atom. The fraction of sp³-hybridized carbons (Fsp3) is 0.810. The van der Waals surface area contributed by atoms with Crippen LogP contribution in [0.25, 0.3) is 0 Å². The third kappa shape index (κ3) is 14.9. The van der Waals surface area contributed by atoms with Crippen LogP contribution in [0.15, 0.2) is 12.2 Å². The van der Waals surface area contributed by atoms with Crippen molar-refractivity contribution in [3.05, 3.63) is 12.2 Å². The molecule has 0 radical (unpaired) electrons. The number of carbonyl (C=O) groups excluding carboxylic acids is 1. The van der Waals surface area contributed by atoms with E-state index >= 15 is 0 Å². The molecule has 0 fully saturated rings. The van der Waals surface area contributed by atoms with Crippen LogP contribution in [-0.2, 0) is 9.59 Å². The molecule has 0 aromatic rings. The van der Waals surface area contributed by atoms with Crippen LogP contribution in [-0.4, -0.2) is 34.2 Å². The molecular formula is C21H39NO4. The van der Waals surface area contributed by atoms with Gasteiger partial charge >= 0.3 is 5.97 Å². The number of aliphatic hydroxyl groups excluding tert-OH is 1. The molecule has 26 heavy (non-hydrogen) atoms. The van der Waals surface area contributed by atoms with Gasteiger partial charge in [0.05, 0.1) is 6.10 Å². The molecule has 152 valence electrons. The van der Waals surface area contributed by atoms with E-state index in [-0.39, 0.29) is 5.91 Å². The normalized spacial score (nSPS) is 13.7. The number of hydrogen-bond donors (Lipinski definition) is 3. The zero-order chi connectivity index (χ0) is 19.6. The van der Waals surface area contributed by atoms with E-state index in [0.717, 1.165) is 32.1 Å². The Hall–Kier alpha value is -1.36. The lowest BCUT2D eigenvalue weighted by molar-refractivity contribution is -0.144. The van der Waals surface area contributed by atoms with E-state index in [0.29, 0.717) is 6.42 Å². The number of aliphatic hydroxyl groups is 1. The van der Waals surface area contributed by atoms with Crippen molar-refractivity contribution in [3.63, 3.8) is 0 Å². The summed E-state index contributed by atoms with van der Waals surface area (Å²) >= 11 is 0. The maximum atomic E-state index is 11.7. The molecule has 1 amide bonds. The lowest BCUT2D eigenvalue weighted by Gasteiger charge is -2.16. The molecule has 5 nitrogen and oxygen atoms in total. The summed E-state index contributed by atoms with van der Waals surface area (Å²) in [6.45, 7) is 3.60. The number of carbonyl (C=O) groups is 2. The number of unbranched alkanes of at least 4 members (excludes halogenated alkanes) is 10. The summed E-state index contributed by atoms with van der Waals surface area (Å²) in [6.07, 6.45) is 18.0. The standard InChI is InChI=1S/C21H39NO4/c1-3-4-5-6-7-8-9-10-11-12-13-14-15-16-17-19(24)22-20(18(2)23)21(25)26/h9-10,18,20,23H,3-8,11-17H2,1-2H3,(H,22,24)(H,25,26)/b10-9-/t18-,20+/m1/s1. The number of hydrogen-bond acceptors (Lipinski definition) is 3. The Morgan fingerprint density at radius 1 is 0.885 bits per heavy atom. The van der Waals surface area contributed by atoms with Crippen LogP contribution in [0.2, 0.25) is 0 Å². The predicted molar refractivity (Wildman–Crippen MR) is 106 cm³/mol. The summed E-state index contributed by atoms with van der Waals surface area (Å²) in [6, 6.07) is -1.22. The molecule has 0 spiro atoms. The highest BCUT2D eigenvalue weighted by molar-refractivity contribution is 5.83. The zero-order valence-electron chi connectivity index (χ0n) is 16.7. The van der Waals surface area contributed by atoms with Gasteiger partial charge in [-0.25, -0.2) is 4.79 Å². The van der Waals surface area contributed by atoms with Crippen LogP contribution in [0.3, 0.4) is 0 Å². The molecule has 0 aliphatic carbocycles. The van der Waals surface area contributed by atoms with Gasteiger partial charge in [0.25, 0.3) is 0 Å². The van der Waals surface area contributed by atoms with Crippen LogP contribution in [0.1, 0.15) is 97.3 Å². The minimum atomic E-state index is -1.22. The van der Waals surface area contributed by atoms with Crippen LogP contribution in [0.4, 0.5) is 0 Å². The molecule has 0 aromatic heterocycles. The average Bonchev–Trinajstić information content (AvgIpc) is 2.59. The third-order valence-corrected chi connectivity index (χ3v) is 4.48. The maximum absolute atomic E-state index is 11.7. The molecular weight excluding hydrogens is 330 g/mol. The lowest BCUT2D eigenvalue weighted by atomic mass is 10.1. The molecule has 5 heteroatoms. The zero-order valence-corrected chi connectivity index (χ0v) is 16.7. The lowest BCUT2D eigenvalue weighted by Crippen LogP contribution is -2.47. The molecule has 0 aliphatic heterocycles. The molecule has 0 bridgehead atoms. The second kappa shape index (κ2) is 17.1. The number of nitrogens with one attached hydrogen (secondary N) is 1. The first-order valence-electron chi connectivity index (χ1n) is 10.3. The van der Waals surface area contributed by atoms with Gasteiger partial charge < -0.3 is 15.5 Å². The van der Waals surface area contributed by atoms with Crippen molar-refractivity contribution in [3.8, 4) is 0 Å². The third-order valence-electron chi connectivity index (χ3n) is 4.48. The second-order valence-electron chi connectivity index (χ2n) is 7.10. The van der Waals surface area contributed by atoms with E-state index < -0.39 is 18.1 Å². The summed E-state index contributed by atoms with van der Waals surface area (Å²) in [5.74, 6) is -1.51. The van der Waals surface area contributed by atoms with E-state index in [2.05, 4.69) is 24.4 Å². The van der Waals surface area contributed by atoms with Gasteiger partial charge in [0.1, 0.15) is 0 Å². The number of amides is 1. The minimum absolute atomic E-state index is 0.305. The number of allylic oxidation sites excluding steroid dienone is 2. The highest BCUT2D eigenvalue weighted by Crippen LogP contribution is 2.09. The van der Waals surface area contributed by atoms with Gasteiger partial charge in [-0.1, -0.05) is 64.0 Å². The molecule has 0 rings (SSSR count). The van der Waals surface area contributed by atoms with Crippen molar-refractivity contribution in [1.82, 2.24) is 5.32 Å². The first kappa shape index (κ1) is 24.6. The van der Waals surface area contributed by atoms with Crippen molar-refractivity contribution in [2.24, 2.45) is 0 Å². The molecule has 2 atom stereocenters. The summed E-state index contributed by atoms with van der Waals surface area (Å²) in [5, 5.41) is 20.6. The van der Waals surface area contributed by atoms with Crippen LogP contribution in [0, 0.1) is 0 Å². The van der Waals surface area contributed by atoms with Gasteiger partial charge in [0.15, 0.2) is 6.04 Å². The number of carboxylic acids is 1. The van der Waals surface area contributed by atoms with Gasteiger partial charge in [0.2, 0.25) is 5.91 Å². The van der Waals surface area contributed by atoms with Gasteiger partial charge in [-0.3, -0.25) is 4.79 Å². The molecule has 0 heterocycles. The molecule has 3 N–H and O–H groups in total. The highest BCUT2D eigenvalue weighted by Gasteiger charge is 2.24. The van der Waals surface area contributed by atoms with Crippen molar-refractivity contribution >= 4 is 11.9 Å². The van der Waals surface area contributed by atoms with Gasteiger partial charge in [-0.05, 0) is 39.0 Å². The second-order valence-corrected chi connectivity index (χ2v) is 7.10. The largest absolute Gasteiger partial charge is 0.480 e. The van der Waals surface area contributed by atoms with E-state index in [1.54, 1.807) is 0 Å². The molecule has 0 saturated carbocycles. The Balaban J connectivity index is 3.47. The Kier molecular flexibility index (Phi) is 16.2. The SMILES string of the molecule is CCCCCCC/C=C\CCCCCCCC(=O)N[C@H](C(=O)O)[C@@H](C)O. The summed E-state index contributed by atoms with van der Waals surface area (Å²) < 4.78 is 0. The Morgan fingerprint density at radius 2 is 1.38 bits per heavy atom. The van der Waals surface area contributed by atoms with Crippen molar-refractivity contribution in [2.75, 3.05) is 0 Å². The highest BCUT2D eigenvalue weighted by atomic mass is 16.4. The summed E-state index contributed by atoms with van der Waals surface area (Å²) in [7, 11) is 0. The molecule has 0 aliphatic rings. The van der Waals surface area contributed by atoms with Gasteiger partial charge in [-0.15, -0.1) is 0 Å². The average molecular weight is 370 g/mol. The topological polar surface area (TPSA) is 86.6 Å². The fourth-order valence-electron chi connectivity index (χ4n) is 2.81. The molecule has 0 unspecified atom stereocenters. The summed E-state index contributed by atoms with van der Waals surface area (Å²) in [4.78, 5) is 22.6. The quantitative estimate of drug-likeness (QED) is 0.259. The van der Waals surface area contributed by atoms with Crippen molar-refractivity contribution < 1.29 is 19.8 Å². The fourth-order valence-corrected chi connectivity index (χ4v) is 2.81. The van der Waals surface area contributed by atoms with Crippen LogP contribution in [0.5, 0.6) is 0 Å². The minimum Gasteiger partial charge on any atom is -0.480 e. The van der Waals surface area contributed by atoms with Gasteiger partial charge in [-0.2, -0.15) is 0 Å². The Bertz CT molecular complexity index is 393. The number of rotatable bonds is 17. The Labute approximate surface area is 159 Å². The first-order chi connectivity index (χ1) is 12.5. The first-order valence-corrected chi connectivity index (χ1v) is 10.3. The number of carboxylic acid groups (broad SMARTS) is 1. The van der Waals surface area contributed by atoms with E-state index in [9.17, 15) is 14.7 Å². The monoisotopic (exact) mass is 369 g/mol. The molecule has 0 aromatic carbocycles. The van der Waals surface area contributed by atoms with E-state index in [4.69, 9.17) is 5.11 Å². The van der Waals surface area contributed by atoms with Crippen LogP contribution >= 0.6 is 0 Å².